The van der Waals surface area contributed by atoms with Crippen LogP contribution in [0.3, 0.4) is 0 Å². The molecule has 3 amide bonds. The van der Waals surface area contributed by atoms with Gasteiger partial charge in [-0.1, -0.05) is 17.7 Å². The van der Waals surface area contributed by atoms with Crippen LogP contribution in [0.5, 0.6) is 0 Å². The Kier molecular flexibility index (Phi) is 6.62. The number of amides is 3. The molecule has 8 nitrogen and oxygen atoms in total. The summed E-state index contributed by atoms with van der Waals surface area (Å²) in [5.74, 6) is -1.08. The minimum atomic E-state index is -0.821. The van der Waals surface area contributed by atoms with Gasteiger partial charge in [-0.3, -0.25) is 9.48 Å². The van der Waals surface area contributed by atoms with E-state index in [1.165, 1.54) is 24.1 Å². The molecular formula is C23H23ClFN5O3. The van der Waals surface area contributed by atoms with Crippen LogP contribution in [0.15, 0.2) is 54.7 Å². The molecule has 0 spiro atoms. The van der Waals surface area contributed by atoms with Crippen molar-refractivity contribution in [2.45, 2.75) is 18.6 Å². The monoisotopic (exact) mass is 471 g/mol. The highest BCUT2D eigenvalue weighted by Crippen LogP contribution is 2.26. The first-order valence-electron chi connectivity index (χ1n) is 10.3. The zero-order valence-corrected chi connectivity index (χ0v) is 18.8. The summed E-state index contributed by atoms with van der Waals surface area (Å²) < 4.78 is 21.8. The first-order valence-corrected chi connectivity index (χ1v) is 10.7. The molecule has 172 valence electrons. The van der Waals surface area contributed by atoms with Crippen LogP contribution in [0.1, 0.15) is 6.42 Å². The Balaban J connectivity index is 1.49. The summed E-state index contributed by atoms with van der Waals surface area (Å²) in [5, 5.41) is 9.99. The van der Waals surface area contributed by atoms with E-state index < -0.39 is 23.8 Å². The third-order valence-corrected chi connectivity index (χ3v) is 5.85. The standard InChI is InChI=1S/C23H23ClFN5O3/c1-29-20(9-10-26-29)14-3-8-19(18(25)11-14)28-22(31)21-12-17(33-2)13-30(21)23(32)27-16-6-4-15(24)5-7-16/h3-11,17,21H,12-13H2,1-2H3,(H,27,32)(H,28,31)/t17-,21-/m1/s1. The number of urea groups is 1. The van der Waals surface area contributed by atoms with Crippen LogP contribution in [0.25, 0.3) is 11.3 Å². The highest BCUT2D eigenvalue weighted by atomic mass is 35.5. The van der Waals surface area contributed by atoms with Crippen molar-refractivity contribution in [3.8, 4) is 11.3 Å². The zero-order chi connectivity index (χ0) is 23.5. The lowest BCUT2D eigenvalue weighted by atomic mass is 10.1. The molecule has 0 radical (unpaired) electrons. The number of benzene rings is 2. The lowest BCUT2D eigenvalue weighted by molar-refractivity contribution is -0.119. The van der Waals surface area contributed by atoms with Gasteiger partial charge in [0.15, 0.2) is 0 Å². The fraction of sp³-hybridized carbons (Fsp3) is 0.261. The van der Waals surface area contributed by atoms with Gasteiger partial charge in [0.2, 0.25) is 5.91 Å². The fourth-order valence-electron chi connectivity index (χ4n) is 3.82. The van der Waals surface area contributed by atoms with Crippen molar-refractivity contribution < 1.29 is 18.7 Å². The number of hydrogen-bond donors (Lipinski definition) is 2. The number of aromatic nitrogens is 2. The van der Waals surface area contributed by atoms with Gasteiger partial charge in [0.25, 0.3) is 0 Å². The van der Waals surface area contributed by atoms with E-state index in [1.54, 1.807) is 54.3 Å². The SMILES string of the molecule is CO[C@@H]1C[C@H](C(=O)Nc2ccc(-c3ccnn3C)cc2F)N(C(=O)Nc2ccc(Cl)cc2)C1. The summed E-state index contributed by atoms with van der Waals surface area (Å²) in [6.45, 7) is 0.232. The molecule has 10 heteroatoms. The number of nitrogens with zero attached hydrogens (tertiary/aromatic N) is 3. The molecule has 33 heavy (non-hydrogen) atoms. The second kappa shape index (κ2) is 9.60. The highest BCUT2D eigenvalue weighted by Gasteiger charge is 2.40. The van der Waals surface area contributed by atoms with Crippen LogP contribution in [0.2, 0.25) is 5.02 Å². The van der Waals surface area contributed by atoms with Crippen LogP contribution in [-0.4, -0.2) is 52.4 Å². The maximum atomic E-state index is 14.8. The first kappa shape index (κ1) is 22.8. The lowest BCUT2D eigenvalue weighted by Gasteiger charge is -2.24. The van der Waals surface area contributed by atoms with Crippen LogP contribution in [-0.2, 0) is 16.6 Å². The van der Waals surface area contributed by atoms with Crippen molar-refractivity contribution in [2.75, 3.05) is 24.3 Å². The van der Waals surface area contributed by atoms with Crippen LogP contribution in [0, 0.1) is 5.82 Å². The van der Waals surface area contributed by atoms with Gasteiger partial charge in [-0.2, -0.15) is 5.10 Å². The summed E-state index contributed by atoms with van der Waals surface area (Å²) in [5.41, 5.74) is 1.96. The van der Waals surface area contributed by atoms with Gasteiger partial charge in [-0.05, 0) is 42.5 Å². The number of aryl methyl sites for hydroxylation is 1. The van der Waals surface area contributed by atoms with E-state index in [9.17, 15) is 14.0 Å². The molecule has 2 N–H and O–H groups in total. The average molecular weight is 472 g/mol. The number of carbonyl (C=O) groups excluding carboxylic acids is 2. The van der Waals surface area contributed by atoms with E-state index in [1.807, 2.05) is 0 Å². The van der Waals surface area contributed by atoms with Gasteiger partial charge in [-0.25, -0.2) is 9.18 Å². The molecule has 2 atom stereocenters. The summed E-state index contributed by atoms with van der Waals surface area (Å²) in [7, 11) is 3.29. The minimum Gasteiger partial charge on any atom is -0.380 e. The molecule has 1 aromatic heterocycles. The van der Waals surface area contributed by atoms with E-state index in [2.05, 4.69) is 15.7 Å². The number of rotatable bonds is 5. The van der Waals surface area contributed by atoms with Crippen LogP contribution >= 0.6 is 11.6 Å². The maximum absolute atomic E-state index is 14.8. The van der Waals surface area contributed by atoms with E-state index >= 15 is 0 Å². The third kappa shape index (κ3) is 4.99. The van der Waals surface area contributed by atoms with Crippen LogP contribution < -0.4 is 10.6 Å². The van der Waals surface area contributed by atoms with E-state index in [0.717, 1.165) is 5.69 Å². The van der Waals surface area contributed by atoms with Crippen molar-refractivity contribution in [1.82, 2.24) is 14.7 Å². The van der Waals surface area contributed by atoms with Crippen molar-refractivity contribution >= 4 is 34.9 Å². The van der Waals surface area contributed by atoms with E-state index in [-0.39, 0.29) is 18.3 Å². The summed E-state index contributed by atoms with van der Waals surface area (Å²) in [6.07, 6.45) is 1.61. The molecule has 1 aliphatic heterocycles. The van der Waals surface area contributed by atoms with Gasteiger partial charge in [0.05, 0.1) is 17.5 Å². The molecule has 2 heterocycles. The number of ether oxygens (including phenoxy) is 1. The zero-order valence-electron chi connectivity index (χ0n) is 18.1. The lowest BCUT2D eigenvalue weighted by Crippen LogP contribution is -2.45. The summed E-state index contributed by atoms with van der Waals surface area (Å²) in [6, 6.07) is 11.7. The first-order chi connectivity index (χ1) is 15.9. The van der Waals surface area contributed by atoms with Crippen molar-refractivity contribution in [1.29, 1.82) is 0 Å². The molecule has 3 aromatic rings. The smallest absolute Gasteiger partial charge is 0.322 e. The molecular weight excluding hydrogens is 449 g/mol. The van der Waals surface area contributed by atoms with Crippen molar-refractivity contribution in [3.63, 3.8) is 0 Å². The van der Waals surface area contributed by atoms with Crippen LogP contribution in [0.4, 0.5) is 20.6 Å². The molecule has 0 bridgehead atoms. The number of hydrogen-bond acceptors (Lipinski definition) is 4. The number of likely N-dealkylation sites (tertiary alicyclic amines) is 1. The largest absolute Gasteiger partial charge is 0.380 e. The Morgan fingerprint density at radius 2 is 1.91 bits per heavy atom. The topological polar surface area (TPSA) is 88.5 Å². The average Bonchev–Trinajstić information content (AvgIpc) is 3.43. The third-order valence-electron chi connectivity index (χ3n) is 5.60. The predicted molar refractivity (Wildman–Crippen MR) is 124 cm³/mol. The number of methoxy groups -OCH3 is 1. The van der Waals surface area contributed by atoms with Gasteiger partial charge in [0.1, 0.15) is 11.9 Å². The molecule has 1 saturated heterocycles. The Morgan fingerprint density at radius 1 is 1.15 bits per heavy atom. The predicted octanol–water partition coefficient (Wildman–Crippen LogP) is 4.14. The number of carbonyl (C=O) groups is 2. The molecule has 0 aliphatic carbocycles. The Labute approximate surface area is 195 Å². The molecule has 4 rings (SSSR count). The Hall–Kier alpha value is -3.43. The molecule has 1 fully saturated rings. The Morgan fingerprint density at radius 3 is 2.55 bits per heavy atom. The quantitative estimate of drug-likeness (QED) is 0.585. The van der Waals surface area contributed by atoms with Gasteiger partial charge in [-0.15, -0.1) is 0 Å². The van der Waals surface area contributed by atoms with E-state index in [0.29, 0.717) is 22.7 Å². The van der Waals surface area contributed by atoms with Crippen molar-refractivity contribution in [2.24, 2.45) is 7.05 Å². The minimum absolute atomic E-state index is 0.0323. The molecule has 2 aromatic carbocycles. The van der Waals surface area contributed by atoms with E-state index in [4.69, 9.17) is 16.3 Å². The van der Waals surface area contributed by atoms with Gasteiger partial charge < -0.3 is 20.3 Å². The fourth-order valence-corrected chi connectivity index (χ4v) is 3.94. The summed E-state index contributed by atoms with van der Waals surface area (Å²) in [4.78, 5) is 27.3. The van der Waals surface area contributed by atoms with Gasteiger partial charge in [0, 0.05) is 49.6 Å². The maximum Gasteiger partial charge on any atom is 0.322 e. The van der Waals surface area contributed by atoms with Gasteiger partial charge >= 0.3 is 6.03 Å². The molecule has 1 aliphatic rings. The summed E-state index contributed by atoms with van der Waals surface area (Å²) >= 11 is 5.89. The van der Waals surface area contributed by atoms with Crippen molar-refractivity contribution in [3.05, 3.63) is 65.6 Å². The molecule has 0 saturated carbocycles. The number of nitrogens with one attached hydrogen (secondary N) is 2. The number of halogens is 2. The normalized spacial score (nSPS) is 17.8. The molecule has 0 unspecified atom stereocenters. The second-order valence-corrected chi connectivity index (χ2v) is 8.16. The number of anilines is 2. The second-order valence-electron chi connectivity index (χ2n) is 7.72. The highest BCUT2D eigenvalue weighted by molar-refractivity contribution is 6.30. The Bertz CT molecular complexity index is 1170.